The Labute approximate surface area is 135 Å². The van der Waals surface area contributed by atoms with Crippen molar-refractivity contribution in [3.63, 3.8) is 0 Å². The molecule has 0 atom stereocenters. The summed E-state index contributed by atoms with van der Waals surface area (Å²) in [5.41, 5.74) is 0.906. The molecule has 3 heterocycles. The molecule has 0 aliphatic carbocycles. The van der Waals surface area contributed by atoms with Crippen molar-refractivity contribution < 1.29 is 4.42 Å². The van der Waals surface area contributed by atoms with Gasteiger partial charge in [0.25, 0.3) is 0 Å². The van der Waals surface area contributed by atoms with E-state index in [1.165, 1.54) is 0 Å². The van der Waals surface area contributed by atoms with Crippen molar-refractivity contribution in [2.24, 2.45) is 0 Å². The Balaban J connectivity index is 1.55. The van der Waals surface area contributed by atoms with E-state index in [2.05, 4.69) is 21.2 Å². The van der Waals surface area contributed by atoms with Gasteiger partial charge in [0, 0.05) is 16.5 Å². The lowest BCUT2D eigenvalue weighted by molar-refractivity contribution is 0.575. The Morgan fingerprint density at radius 1 is 1.14 bits per heavy atom. The second-order valence-electron chi connectivity index (χ2n) is 4.65. The third-order valence-electron chi connectivity index (χ3n) is 3.18. The maximum absolute atomic E-state index is 5.53. The van der Waals surface area contributed by atoms with Crippen LogP contribution in [0.25, 0.3) is 21.5 Å². The molecule has 1 aromatic carbocycles. The monoisotopic (exact) mass is 325 g/mol. The van der Waals surface area contributed by atoms with Gasteiger partial charge in [-0.15, -0.1) is 16.4 Å². The zero-order valence-electron chi connectivity index (χ0n) is 11.5. The number of thioether (sulfide) groups is 1. The number of hydrogen-bond donors (Lipinski definition) is 0. The lowest BCUT2D eigenvalue weighted by Crippen LogP contribution is -1.88. The van der Waals surface area contributed by atoms with Crippen LogP contribution in [0.3, 0.4) is 0 Å². The fourth-order valence-corrected chi connectivity index (χ4v) is 3.66. The van der Waals surface area contributed by atoms with Crippen LogP contribution in [-0.4, -0.2) is 15.2 Å². The first kappa shape index (κ1) is 13.5. The Kier molecular flexibility index (Phi) is 3.62. The van der Waals surface area contributed by atoms with Crippen LogP contribution in [0.15, 0.2) is 63.7 Å². The van der Waals surface area contributed by atoms with Crippen LogP contribution < -0.4 is 0 Å². The smallest absolute Gasteiger partial charge is 0.236 e. The van der Waals surface area contributed by atoms with E-state index >= 15 is 0 Å². The Bertz CT molecular complexity index is 897. The molecule has 4 aromatic rings. The quantitative estimate of drug-likeness (QED) is 0.512. The van der Waals surface area contributed by atoms with Crippen molar-refractivity contribution in [2.75, 3.05) is 0 Å². The van der Waals surface area contributed by atoms with E-state index in [9.17, 15) is 0 Å². The molecule has 0 saturated heterocycles. The van der Waals surface area contributed by atoms with Gasteiger partial charge in [-0.25, -0.2) is 4.98 Å². The normalized spacial score (nSPS) is 11.1. The van der Waals surface area contributed by atoms with Gasteiger partial charge in [0.05, 0.1) is 16.8 Å². The summed E-state index contributed by atoms with van der Waals surface area (Å²) >= 11 is 3.24. The first-order chi connectivity index (χ1) is 10.9. The minimum Gasteiger partial charge on any atom is -0.444 e. The second kappa shape index (κ2) is 5.90. The lowest BCUT2D eigenvalue weighted by atomic mass is 10.2. The maximum Gasteiger partial charge on any atom is 0.236 e. The van der Waals surface area contributed by atoms with Gasteiger partial charge in [-0.1, -0.05) is 42.1 Å². The largest absolute Gasteiger partial charge is 0.444 e. The van der Waals surface area contributed by atoms with Gasteiger partial charge < -0.3 is 4.42 Å². The number of benzene rings is 1. The summed E-state index contributed by atoms with van der Waals surface area (Å²) in [4.78, 5) is 5.57. The van der Waals surface area contributed by atoms with E-state index in [0.29, 0.717) is 11.6 Å². The first-order valence-electron chi connectivity index (χ1n) is 6.72. The van der Waals surface area contributed by atoms with Gasteiger partial charge >= 0.3 is 0 Å². The zero-order chi connectivity index (χ0) is 14.8. The van der Waals surface area contributed by atoms with E-state index in [1.54, 1.807) is 35.6 Å². The van der Waals surface area contributed by atoms with E-state index in [4.69, 9.17) is 4.42 Å². The van der Waals surface area contributed by atoms with E-state index in [1.807, 2.05) is 35.7 Å². The SMILES string of the molecule is c1csc(-c2nc(CSc3nncc4ccccc34)co2)c1. The van der Waals surface area contributed by atoms with Gasteiger partial charge in [-0.05, 0) is 11.4 Å². The van der Waals surface area contributed by atoms with Gasteiger partial charge in [0.2, 0.25) is 5.89 Å². The number of aromatic nitrogens is 3. The molecule has 0 amide bonds. The van der Waals surface area contributed by atoms with Crippen molar-refractivity contribution in [1.29, 1.82) is 0 Å². The number of fused-ring (bicyclic) bond motifs is 1. The van der Waals surface area contributed by atoms with Crippen molar-refractivity contribution >= 4 is 33.9 Å². The average molecular weight is 325 g/mol. The molecular formula is C16H11N3OS2. The molecule has 0 radical (unpaired) electrons. The molecule has 3 aromatic heterocycles. The number of oxazole rings is 1. The molecule has 4 nitrogen and oxygen atoms in total. The number of nitrogens with zero attached hydrogens (tertiary/aromatic N) is 3. The Hall–Kier alpha value is -2.18. The summed E-state index contributed by atoms with van der Waals surface area (Å²) in [6, 6.07) is 12.1. The fraction of sp³-hybridized carbons (Fsp3) is 0.0625. The molecule has 6 heteroatoms. The highest BCUT2D eigenvalue weighted by atomic mass is 32.2. The van der Waals surface area contributed by atoms with Crippen LogP contribution >= 0.6 is 23.1 Å². The molecule has 4 rings (SSSR count). The third kappa shape index (κ3) is 2.63. The van der Waals surface area contributed by atoms with Crippen molar-refractivity contribution in [3.8, 4) is 10.8 Å². The molecule has 0 spiro atoms. The first-order valence-corrected chi connectivity index (χ1v) is 8.58. The lowest BCUT2D eigenvalue weighted by Gasteiger charge is -2.02. The zero-order valence-corrected chi connectivity index (χ0v) is 13.1. The predicted octanol–water partition coefficient (Wildman–Crippen LogP) is 4.64. The highest BCUT2D eigenvalue weighted by Crippen LogP contribution is 2.29. The van der Waals surface area contributed by atoms with E-state index in [0.717, 1.165) is 26.4 Å². The number of rotatable bonds is 4. The van der Waals surface area contributed by atoms with Crippen LogP contribution in [0.4, 0.5) is 0 Å². The van der Waals surface area contributed by atoms with E-state index in [-0.39, 0.29) is 0 Å². The minimum absolute atomic E-state index is 0.676. The summed E-state index contributed by atoms with van der Waals surface area (Å²) in [7, 11) is 0. The molecule has 108 valence electrons. The molecule has 0 unspecified atom stereocenters. The minimum atomic E-state index is 0.676. The summed E-state index contributed by atoms with van der Waals surface area (Å²) in [6.07, 6.45) is 3.49. The summed E-state index contributed by atoms with van der Waals surface area (Å²) in [6.45, 7) is 0. The van der Waals surface area contributed by atoms with Crippen LogP contribution in [0.5, 0.6) is 0 Å². The molecule has 0 aliphatic heterocycles. The average Bonchev–Trinajstić information content (AvgIpc) is 3.24. The van der Waals surface area contributed by atoms with E-state index < -0.39 is 0 Å². The Morgan fingerprint density at radius 2 is 2.09 bits per heavy atom. The molecule has 0 bridgehead atoms. The van der Waals surface area contributed by atoms with Crippen molar-refractivity contribution in [2.45, 2.75) is 10.8 Å². The van der Waals surface area contributed by atoms with Gasteiger partial charge in [0.15, 0.2) is 0 Å². The van der Waals surface area contributed by atoms with Gasteiger partial charge in [-0.3, -0.25) is 0 Å². The van der Waals surface area contributed by atoms with Crippen molar-refractivity contribution in [3.05, 3.63) is 59.9 Å². The van der Waals surface area contributed by atoms with Gasteiger partial charge in [-0.2, -0.15) is 5.10 Å². The number of thiophene rings is 1. The summed E-state index contributed by atoms with van der Waals surface area (Å²) in [5, 5.41) is 13.4. The Morgan fingerprint density at radius 3 is 3.00 bits per heavy atom. The third-order valence-corrected chi connectivity index (χ3v) is 5.05. The molecule has 0 N–H and O–H groups in total. The summed E-state index contributed by atoms with van der Waals surface area (Å²) in [5.74, 6) is 1.38. The second-order valence-corrected chi connectivity index (χ2v) is 6.56. The standard InChI is InChI=1S/C16H11N3OS2/c1-2-5-13-11(4-1)8-17-19-16(13)22-10-12-9-20-15(18-12)14-6-3-7-21-14/h1-9H,10H2. The van der Waals surface area contributed by atoms with Crippen LogP contribution in [0.1, 0.15) is 5.69 Å². The fourth-order valence-electron chi connectivity index (χ4n) is 2.14. The molecule has 22 heavy (non-hydrogen) atoms. The highest BCUT2D eigenvalue weighted by Gasteiger charge is 2.09. The van der Waals surface area contributed by atoms with Crippen molar-refractivity contribution in [1.82, 2.24) is 15.2 Å². The van der Waals surface area contributed by atoms with Gasteiger partial charge in [0.1, 0.15) is 11.3 Å². The topological polar surface area (TPSA) is 51.8 Å². The van der Waals surface area contributed by atoms with Crippen LogP contribution in [-0.2, 0) is 5.75 Å². The van der Waals surface area contributed by atoms with Crippen LogP contribution in [0.2, 0.25) is 0 Å². The molecular weight excluding hydrogens is 314 g/mol. The summed E-state index contributed by atoms with van der Waals surface area (Å²) < 4.78 is 5.53. The molecule has 0 fully saturated rings. The maximum atomic E-state index is 5.53. The molecule has 0 saturated carbocycles. The molecule has 0 aliphatic rings. The predicted molar refractivity (Wildman–Crippen MR) is 88.9 cm³/mol. The highest BCUT2D eigenvalue weighted by molar-refractivity contribution is 7.98. The van der Waals surface area contributed by atoms with Crippen LogP contribution in [0, 0.1) is 0 Å². The number of hydrogen-bond acceptors (Lipinski definition) is 6.